The number of nitrogens with zero attached hydrogens (tertiary/aromatic N) is 6. The van der Waals surface area contributed by atoms with Gasteiger partial charge in [0.2, 0.25) is 6.08 Å². The molecule has 57 heavy (non-hydrogen) atoms. The first-order chi connectivity index (χ1) is 27.1. The highest BCUT2D eigenvalue weighted by Gasteiger charge is 2.23. The van der Waals surface area contributed by atoms with Crippen LogP contribution >= 0.6 is 0 Å². The number of anilines is 3. The number of nitrogen functional groups attached to an aromatic ring is 1. The number of hydrogen-bond acceptors (Lipinski definition) is 8. The predicted molar refractivity (Wildman–Crippen MR) is 227 cm³/mol. The molecule has 4 aromatic carbocycles. The monoisotopic (exact) mass is 761 g/mol. The van der Waals surface area contributed by atoms with Crippen molar-refractivity contribution in [2.24, 2.45) is 4.99 Å². The van der Waals surface area contributed by atoms with Gasteiger partial charge in [-0.05, 0) is 56.3 Å². The van der Waals surface area contributed by atoms with Crippen molar-refractivity contribution in [3.05, 3.63) is 138 Å². The number of nitrogens with one attached hydrogen (secondary N) is 2. The van der Waals surface area contributed by atoms with Crippen molar-refractivity contribution in [3.63, 3.8) is 0 Å². The third kappa shape index (κ3) is 9.62. The number of amides is 2. The zero-order valence-corrected chi connectivity index (χ0v) is 33.5. The number of benzene rings is 4. The van der Waals surface area contributed by atoms with Crippen LogP contribution in [-0.4, -0.2) is 36.7 Å². The summed E-state index contributed by atoms with van der Waals surface area (Å²) in [5, 5.41) is 17.0. The van der Waals surface area contributed by atoms with E-state index in [1.54, 1.807) is 33.8 Å². The molecule has 0 aliphatic heterocycles. The average molecular weight is 762 g/mol. The Kier molecular flexibility index (Phi) is 11.4. The lowest BCUT2D eigenvalue weighted by Gasteiger charge is -2.14. The summed E-state index contributed by atoms with van der Waals surface area (Å²) >= 11 is 0. The summed E-state index contributed by atoms with van der Waals surface area (Å²) in [6, 6.07) is 34.1. The molecule has 0 aliphatic carbocycles. The lowest BCUT2D eigenvalue weighted by molar-refractivity contribution is 0.262. The molecule has 3 heterocycles. The Morgan fingerprint density at radius 2 is 1.30 bits per heavy atom. The van der Waals surface area contributed by atoms with Crippen LogP contribution in [0.2, 0.25) is 0 Å². The summed E-state index contributed by atoms with van der Waals surface area (Å²) < 4.78 is 9.51. The fourth-order valence-corrected chi connectivity index (χ4v) is 5.82. The Balaban J connectivity index is 0.000000242. The van der Waals surface area contributed by atoms with Crippen molar-refractivity contribution in [2.45, 2.75) is 66.2 Å². The number of isocyanates is 1. The predicted octanol–water partition coefficient (Wildman–Crippen LogP) is 10.5. The van der Waals surface area contributed by atoms with Crippen molar-refractivity contribution in [2.75, 3.05) is 16.4 Å². The number of hydrogen-bond donors (Lipinski definition) is 3. The molecule has 0 unspecified atom stereocenters. The number of aliphatic imine (C=N–C) groups is 1. The fourth-order valence-electron chi connectivity index (χ4n) is 5.82. The van der Waals surface area contributed by atoms with Crippen LogP contribution < -0.4 is 21.1 Å². The molecule has 0 atom stereocenters. The molecule has 0 aliphatic rings. The number of aromatic nitrogens is 5. The maximum absolute atomic E-state index is 13.2. The Morgan fingerprint density at radius 1 is 0.719 bits per heavy atom. The summed E-state index contributed by atoms with van der Waals surface area (Å²) in [5.41, 5.74) is 12.0. The molecule has 4 N–H and O–H groups in total. The first kappa shape index (κ1) is 39.6. The Hall–Kier alpha value is -7.04. The number of rotatable bonds is 7. The van der Waals surface area contributed by atoms with Gasteiger partial charge in [0.05, 0.1) is 28.5 Å². The number of fused-ring (bicyclic) bond motifs is 1. The van der Waals surface area contributed by atoms with E-state index in [0.717, 1.165) is 39.1 Å². The minimum absolute atomic E-state index is 0.0941. The van der Waals surface area contributed by atoms with Gasteiger partial charge in [-0.25, -0.2) is 23.9 Å². The lowest BCUT2D eigenvalue weighted by Crippen LogP contribution is -2.21. The van der Waals surface area contributed by atoms with Gasteiger partial charge in [-0.2, -0.15) is 10.2 Å². The fraction of sp³-hybridized carbons (Fsp3) is 0.222. The first-order valence-electron chi connectivity index (χ1n) is 18.5. The summed E-state index contributed by atoms with van der Waals surface area (Å²) in [6.45, 7) is 16.6. The van der Waals surface area contributed by atoms with E-state index in [2.05, 4.69) is 67.3 Å². The molecule has 0 spiro atoms. The summed E-state index contributed by atoms with van der Waals surface area (Å²) in [5.74, 6) is 2.69. The van der Waals surface area contributed by atoms with Crippen molar-refractivity contribution < 1.29 is 14.3 Å². The van der Waals surface area contributed by atoms with E-state index in [1.807, 2.05) is 111 Å². The topological polar surface area (TPSA) is 154 Å². The normalized spacial score (nSPS) is 11.3. The van der Waals surface area contributed by atoms with Gasteiger partial charge < -0.3 is 15.8 Å². The zero-order chi connectivity index (χ0) is 40.9. The molecule has 0 bridgehead atoms. The molecule has 7 rings (SSSR count). The lowest BCUT2D eigenvalue weighted by atomic mass is 9.92. The van der Waals surface area contributed by atoms with Gasteiger partial charge >= 0.3 is 6.03 Å². The van der Waals surface area contributed by atoms with Gasteiger partial charge in [-0.1, -0.05) is 101 Å². The molecule has 2 amide bonds. The van der Waals surface area contributed by atoms with E-state index >= 15 is 0 Å². The molecule has 12 heteroatoms. The number of pyridine rings is 1. The van der Waals surface area contributed by atoms with Crippen molar-refractivity contribution in [3.8, 4) is 22.9 Å². The number of carbonyl (C=O) groups is 1. The highest BCUT2D eigenvalue weighted by molar-refractivity contribution is 6.07. The highest BCUT2D eigenvalue weighted by Crippen LogP contribution is 2.35. The van der Waals surface area contributed by atoms with Crippen molar-refractivity contribution in [1.29, 1.82) is 0 Å². The number of urea groups is 1. The quantitative estimate of drug-likeness (QED) is 0.108. The zero-order valence-electron chi connectivity index (χ0n) is 33.5. The van der Waals surface area contributed by atoms with Crippen molar-refractivity contribution >= 4 is 46.0 Å². The van der Waals surface area contributed by atoms with E-state index in [0.29, 0.717) is 34.6 Å². The van der Waals surface area contributed by atoms with Gasteiger partial charge in [-0.15, -0.1) is 4.99 Å². The van der Waals surface area contributed by atoms with Crippen molar-refractivity contribution in [1.82, 2.24) is 24.5 Å². The van der Waals surface area contributed by atoms with Crippen LogP contribution in [0.25, 0.3) is 22.1 Å². The minimum atomic E-state index is -0.376. The minimum Gasteiger partial charge on any atom is -0.457 e. The van der Waals surface area contributed by atoms with Gasteiger partial charge in [0.25, 0.3) is 0 Å². The Morgan fingerprint density at radius 3 is 1.89 bits per heavy atom. The number of nitrogens with two attached hydrogens (primary N) is 1. The first-order valence-corrected chi connectivity index (χ1v) is 18.5. The summed E-state index contributed by atoms with van der Waals surface area (Å²) in [6.07, 6.45) is 3.18. The maximum atomic E-state index is 13.2. The van der Waals surface area contributed by atoms with Crippen LogP contribution in [0.3, 0.4) is 0 Å². The molecule has 290 valence electrons. The van der Waals surface area contributed by atoms with Crippen LogP contribution in [0.5, 0.6) is 11.5 Å². The van der Waals surface area contributed by atoms with Gasteiger partial charge in [-0.3, -0.25) is 5.32 Å². The molecule has 0 saturated carbocycles. The molecular formula is C45H47N9O3. The third-order valence-corrected chi connectivity index (χ3v) is 9.01. The molecular weight excluding hydrogens is 715 g/mol. The molecule has 12 nitrogen and oxygen atoms in total. The maximum Gasteiger partial charge on any atom is 0.324 e. The van der Waals surface area contributed by atoms with Crippen LogP contribution in [0.1, 0.15) is 64.1 Å². The van der Waals surface area contributed by atoms with E-state index in [4.69, 9.17) is 15.6 Å². The van der Waals surface area contributed by atoms with E-state index in [1.165, 1.54) is 5.56 Å². The third-order valence-electron chi connectivity index (χ3n) is 9.01. The second-order valence-corrected chi connectivity index (χ2v) is 15.8. The smallest absolute Gasteiger partial charge is 0.324 e. The summed E-state index contributed by atoms with van der Waals surface area (Å²) in [7, 11) is 0. The van der Waals surface area contributed by atoms with Gasteiger partial charge in [0.1, 0.15) is 23.1 Å². The molecule has 0 fully saturated rings. The van der Waals surface area contributed by atoms with E-state index < -0.39 is 0 Å². The highest BCUT2D eigenvalue weighted by atomic mass is 16.5. The van der Waals surface area contributed by atoms with Gasteiger partial charge in [0.15, 0.2) is 5.82 Å². The number of carbonyl (C=O) groups excluding carboxylic acids is 2. The van der Waals surface area contributed by atoms with E-state index in [9.17, 15) is 9.59 Å². The molecule has 7 aromatic rings. The van der Waals surface area contributed by atoms with Crippen LogP contribution in [0, 0.1) is 13.8 Å². The molecule has 3 aromatic heterocycles. The largest absolute Gasteiger partial charge is 0.457 e. The molecule has 0 saturated heterocycles. The molecule has 0 radical (unpaired) electrons. The standard InChI is InChI=1S/C30H30N6O2.C15H17N3O/c1-19-9-11-20(12-10-19)36-28(18-26(35-36)30(2,3)4)34-29(37)33-24-13-14-25(23-8-6-5-7-22(23)24)38-21-15-16-32-27(31)17-21;1-11-5-7-12(8-6-11)18-14(16-10-19)9-13(17-18)15(2,3)4/h5-18H,1-4H3,(H2,31,32)(H2,33,34,37);5-9H,1-4H3. The number of ether oxygens (including phenoxy) is 1. The van der Waals surface area contributed by atoms with Gasteiger partial charge in [0, 0.05) is 46.0 Å². The Bertz CT molecular complexity index is 2570. The SMILES string of the molecule is Cc1ccc(-n2nc(C(C)(C)C)cc2N=C=O)cc1.Cc1ccc(-n2nc(C(C)(C)C)cc2NC(=O)Nc2ccc(Oc3ccnc(N)c3)c3ccccc23)cc1. The van der Waals surface area contributed by atoms with Crippen LogP contribution in [-0.2, 0) is 15.6 Å². The number of aryl methyl sites for hydroxylation is 2. The van der Waals surface area contributed by atoms with Crippen LogP contribution in [0.15, 0.2) is 120 Å². The second-order valence-electron chi connectivity index (χ2n) is 15.8. The second kappa shape index (κ2) is 16.4. The Labute approximate surface area is 332 Å². The van der Waals surface area contributed by atoms with Crippen LogP contribution in [0.4, 0.5) is 27.9 Å². The summed E-state index contributed by atoms with van der Waals surface area (Å²) in [4.78, 5) is 31.5. The van der Waals surface area contributed by atoms with E-state index in [-0.39, 0.29) is 16.9 Å². The average Bonchev–Trinajstić information content (AvgIpc) is 3.79.